The monoisotopic (exact) mass is 321 g/mol. The number of rotatable bonds is 1. The minimum Gasteiger partial charge on any atom is -0.295 e. The third kappa shape index (κ3) is 1.78. The second-order valence-corrected chi connectivity index (χ2v) is 6.19. The molecule has 3 rings (SSSR count). The molecule has 3 nitrogen and oxygen atoms in total. The zero-order valence-corrected chi connectivity index (χ0v) is 12.8. The number of thiazole rings is 1. The first-order valence-electron chi connectivity index (χ1n) is 5.65. The van der Waals surface area contributed by atoms with Crippen molar-refractivity contribution < 1.29 is 0 Å². The number of fused-ring (bicyclic) bond motifs is 1. The van der Waals surface area contributed by atoms with E-state index in [0.29, 0.717) is 0 Å². The standard InChI is InChI=1S/C13H12BrN3S/c1-7-4-5-8(2)17(7)13-16-12-11(18-13)6-10(14)9(3)15-12/h4-6H,1-3H3. The van der Waals surface area contributed by atoms with Crippen molar-refractivity contribution >= 4 is 37.6 Å². The molecule has 0 radical (unpaired) electrons. The molecule has 3 aromatic rings. The van der Waals surface area contributed by atoms with E-state index in [1.807, 2.05) is 6.92 Å². The summed E-state index contributed by atoms with van der Waals surface area (Å²) in [6, 6.07) is 6.30. The molecule has 0 atom stereocenters. The van der Waals surface area contributed by atoms with Crippen LogP contribution in [0.5, 0.6) is 0 Å². The molecule has 0 aliphatic carbocycles. The number of aryl methyl sites for hydroxylation is 3. The Bertz CT molecular complexity index is 684. The Morgan fingerprint density at radius 1 is 1.11 bits per heavy atom. The van der Waals surface area contributed by atoms with Gasteiger partial charge in [-0.1, -0.05) is 11.3 Å². The van der Waals surface area contributed by atoms with Gasteiger partial charge in [-0.05, 0) is 54.9 Å². The number of halogens is 1. The Morgan fingerprint density at radius 2 is 1.78 bits per heavy atom. The second kappa shape index (κ2) is 4.17. The van der Waals surface area contributed by atoms with E-state index < -0.39 is 0 Å². The number of pyridine rings is 1. The first kappa shape index (κ1) is 11.9. The fourth-order valence-corrected chi connectivity index (χ4v) is 3.52. The molecule has 0 amide bonds. The van der Waals surface area contributed by atoms with Crippen LogP contribution in [0.15, 0.2) is 22.7 Å². The van der Waals surface area contributed by atoms with Gasteiger partial charge in [0.05, 0.1) is 10.4 Å². The van der Waals surface area contributed by atoms with Crippen molar-refractivity contribution in [3.63, 3.8) is 0 Å². The number of hydrogen-bond acceptors (Lipinski definition) is 3. The van der Waals surface area contributed by atoms with E-state index >= 15 is 0 Å². The average molecular weight is 322 g/mol. The summed E-state index contributed by atoms with van der Waals surface area (Å²) in [6.45, 7) is 6.16. The molecule has 0 fully saturated rings. The molecule has 0 unspecified atom stereocenters. The summed E-state index contributed by atoms with van der Waals surface area (Å²) >= 11 is 5.18. The lowest BCUT2D eigenvalue weighted by Gasteiger charge is -2.03. The smallest absolute Gasteiger partial charge is 0.196 e. The van der Waals surface area contributed by atoms with Crippen molar-refractivity contribution in [1.82, 2.24) is 14.5 Å². The van der Waals surface area contributed by atoms with Crippen LogP contribution in [-0.2, 0) is 0 Å². The van der Waals surface area contributed by atoms with Crippen LogP contribution in [0.3, 0.4) is 0 Å². The summed E-state index contributed by atoms with van der Waals surface area (Å²) in [5.41, 5.74) is 4.19. The first-order valence-corrected chi connectivity index (χ1v) is 7.26. The van der Waals surface area contributed by atoms with Crippen LogP contribution >= 0.6 is 27.3 Å². The van der Waals surface area contributed by atoms with Crippen LogP contribution in [0.4, 0.5) is 0 Å². The highest BCUT2D eigenvalue weighted by molar-refractivity contribution is 9.10. The van der Waals surface area contributed by atoms with Crippen LogP contribution < -0.4 is 0 Å². The van der Waals surface area contributed by atoms with E-state index in [9.17, 15) is 0 Å². The Labute approximate surface area is 118 Å². The molecule has 92 valence electrons. The van der Waals surface area contributed by atoms with E-state index in [1.165, 1.54) is 11.4 Å². The predicted octanol–water partition coefficient (Wildman–Crippen LogP) is 4.17. The summed E-state index contributed by atoms with van der Waals surface area (Å²) < 4.78 is 4.30. The minimum absolute atomic E-state index is 0.822. The Balaban J connectivity index is 2.26. The van der Waals surface area contributed by atoms with Gasteiger partial charge in [0.25, 0.3) is 0 Å². The third-order valence-corrected chi connectivity index (χ3v) is 4.74. The van der Waals surface area contributed by atoms with Crippen LogP contribution in [-0.4, -0.2) is 14.5 Å². The molecule has 5 heteroatoms. The topological polar surface area (TPSA) is 30.7 Å². The van der Waals surface area contributed by atoms with Crippen LogP contribution in [0, 0.1) is 20.8 Å². The molecule has 0 aliphatic heterocycles. The average Bonchev–Trinajstić information content (AvgIpc) is 2.83. The molecule has 3 heterocycles. The molecular formula is C13H12BrN3S. The van der Waals surface area contributed by atoms with Crippen molar-refractivity contribution in [2.24, 2.45) is 0 Å². The van der Waals surface area contributed by atoms with Crippen molar-refractivity contribution in [2.75, 3.05) is 0 Å². The van der Waals surface area contributed by atoms with E-state index in [1.54, 1.807) is 11.3 Å². The van der Waals surface area contributed by atoms with Crippen molar-refractivity contribution in [2.45, 2.75) is 20.8 Å². The highest BCUT2D eigenvalue weighted by Gasteiger charge is 2.11. The molecule has 0 spiro atoms. The van der Waals surface area contributed by atoms with Crippen LogP contribution in [0.2, 0.25) is 0 Å². The van der Waals surface area contributed by atoms with Gasteiger partial charge in [-0.3, -0.25) is 4.57 Å². The first-order chi connectivity index (χ1) is 8.56. The lowest BCUT2D eigenvalue weighted by Crippen LogP contribution is -1.97. The van der Waals surface area contributed by atoms with Crippen LogP contribution in [0.25, 0.3) is 15.5 Å². The fraction of sp³-hybridized carbons (Fsp3) is 0.231. The minimum atomic E-state index is 0.822. The van der Waals surface area contributed by atoms with Gasteiger partial charge in [-0.2, -0.15) is 4.98 Å². The van der Waals surface area contributed by atoms with E-state index in [2.05, 4.69) is 62.5 Å². The van der Waals surface area contributed by atoms with Gasteiger partial charge < -0.3 is 0 Å². The van der Waals surface area contributed by atoms with E-state index in [0.717, 1.165) is 25.6 Å². The number of hydrogen-bond donors (Lipinski definition) is 0. The second-order valence-electron chi connectivity index (χ2n) is 4.33. The van der Waals surface area contributed by atoms with Crippen LogP contribution in [0.1, 0.15) is 17.1 Å². The molecule has 0 aliphatic rings. The van der Waals surface area contributed by atoms with E-state index in [-0.39, 0.29) is 0 Å². The quantitative estimate of drug-likeness (QED) is 0.673. The summed E-state index contributed by atoms with van der Waals surface area (Å²) in [4.78, 5) is 9.13. The van der Waals surface area contributed by atoms with Crippen molar-refractivity contribution in [3.8, 4) is 5.13 Å². The Morgan fingerprint density at radius 3 is 2.44 bits per heavy atom. The lowest BCUT2D eigenvalue weighted by atomic mass is 10.4. The van der Waals surface area contributed by atoms with Crippen molar-refractivity contribution in [1.29, 1.82) is 0 Å². The molecule has 0 saturated heterocycles. The largest absolute Gasteiger partial charge is 0.295 e. The number of nitrogens with zero attached hydrogens (tertiary/aromatic N) is 3. The zero-order chi connectivity index (χ0) is 12.9. The highest BCUT2D eigenvalue weighted by atomic mass is 79.9. The molecular weight excluding hydrogens is 310 g/mol. The van der Waals surface area contributed by atoms with Gasteiger partial charge in [0, 0.05) is 15.9 Å². The predicted molar refractivity (Wildman–Crippen MR) is 78.7 cm³/mol. The Hall–Kier alpha value is -1.20. The van der Waals surface area contributed by atoms with Crippen molar-refractivity contribution in [3.05, 3.63) is 39.8 Å². The maximum absolute atomic E-state index is 4.63. The maximum Gasteiger partial charge on any atom is 0.196 e. The normalized spacial score (nSPS) is 11.3. The van der Waals surface area contributed by atoms with Gasteiger partial charge in [-0.25, -0.2) is 4.98 Å². The van der Waals surface area contributed by atoms with Gasteiger partial charge in [0.2, 0.25) is 0 Å². The maximum atomic E-state index is 4.63. The summed E-state index contributed by atoms with van der Waals surface area (Å²) in [6.07, 6.45) is 0. The fourth-order valence-electron chi connectivity index (χ4n) is 1.98. The zero-order valence-electron chi connectivity index (χ0n) is 10.4. The molecule has 0 bridgehead atoms. The van der Waals surface area contributed by atoms with Gasteiger partial charge in [-0.15, -0.1) is 0 Å². The van der Waals surface area contributed by atoms with Gasteiger partial charge in [0.15, 0.2) is 10.8 Å². The summed E-state index contributed by atoms with van der Waals surface area (Å²) in [5, 5.41) is 0.981. The SMILES string of the molecule is Cc1nc2nc(-n3c(C)ccc3C)sc2cc1Br. The molecule has 18 heavy (non-hydrogen) atoms. The summed E-state index contributed by atoms with van der Waals surface area (Å²) in [5.74, 6) is 0. The number of aromatic nitrogens is 3. The Kier molecular flexibility index (Phi) is 2.75. The molecule has 0 N–H and O–H groups in total. The molecule has 0 aromatic carbocycles. The van der Waals surface area contributed by atoms with E-state index in [4.69, 9.17) is 0 Å². The summed E-state index contributed by atoms with van der Waals surface area (Å²) in [7, 11) is 0. The van der Waals surface area contributed by atoms with Gasteiger partial charge in [0.1, 0.15) is 0 Å². The third-order valence-electron chi connectivity index (χ3n) is 2.96. The lowest BCUT2D eigenvalue weighted by molar-refractivity contribution is 0.952. The molecule has 0 saturated carbocycles. The molecule has 3 aromatic heterocycles. The van der Waals surface area contributed by atoms with Gasteiger partial charge >= 0.3 is 0 Å². The highest BCUT2D eigenvalue weighted by Crippen LogP contribution is 2.29.